The second-order valence-electron chi connectivity index (χ2n) is 9.99. The van der Waals surface area contributed by atoms with Crippen LogP contribution in [0.5, 0.6) is 0 Å². The van der Waals surface area contributed by atoms with Gasteiger partial charge in [-0.3, -0.25) is 19.2 Å². The zero-order valence-electron chi connectivity index (χ0n) is 22.8. The number of halogens is 4. The molecule has 230 valence electrons. The Hall–Kier alpha value is -2.95. The molecular formula is C27H27ClF3N5O5S2. The van der Waals surface area contributed by atoms with Crippen molar-refractivity contribution in [2.75, 3.05) is 33.3 Å². The Morgan fingerprint density at radius 3 is 2.60 bits per heavy atom. The van der Waals surface area contributed by atoms with Crippen LogP contribution in [0.3, 0.4) is 0 Å². The maximum atomic E-state index is 13.5. The molecule has 2 aromatic carbocycles. The Morgan fingerprint density at radius 2 is 1.91 bits per heavy atom. The Labute approximate surface area is 255 Å². The van der Waals surface area contributed by atoms with E-state index in [2.05, 4.69) is 9.82 Å². The van der Waals surface area contributed by atoms with Gasteiger partial charge in [-0.2, -0.15) is 31.0 Å². The quantitative estimate of drug-likeness (QED) is 0.331. The van der Waals surface area contributed by atoms with E-state index in [1.165, 1.54) is 33.4 Å². The van der Waals surface area contributed by atoms with Crippen molar-refractivity contribution in [1.82, 2.24) is 23.7 Å². The SMILES string of the molecule is COC1CCN(S(=O)(=O)NCCN2C(=O)SC(=Cc3ccc4c(cnn4Cc4ccc(Cl)cc4C(F)(F)F)c3)C2=O)CC1. The molecule has 16 heteroatoms. The Kier molecular flexibility index (Phi) is 9.20. The first-order chi connectivity index (χ1) is 20.4. The fraction of sp³-hybridized carbons (Fsp3) is 0.370. The molecule has 0 aliphatic carbocycles. The maximum Gasteiger partial charge on any atom is 0.416 e. The Bertz CT molecular complexity index is 1690. The van der Waals surface area contributed by atoms with Crippen LogP contribution in [0.4, 0.5) is 18.0 Å². The van der Waals surface area contributed by atoms with Crippen LogP contribution in [-0.2, 0) is 32.5 Å². The highest BCUT2D eigenvalue weighted by atomic mass is 35.5. The van der Waals surface area contributed by atoms with Gasteiger partial charge in [0.15, 0.2) is 0 Å². The summed E-state index contributed by atoms with van der Waals surface area (Å²) in [5.74, 6) is -0.548. The third-order valence-corrected chi connectivity index (χ3v) is 9.99. The number of methoxy groups -OCH3 is 1. The molecule has 2 amide bonds. The summed E-state index contributed by atoms with van der Waals surface area (Å²) >= 11 is 6.53. The monoisotopic (exact) mass is 657 g/mol. The minimum atomic E-state index is -4.58. The standard InChI is InChI=1S/C27H27ClF3N5O5S2/c1-41-21-6-9-34(10-7-21)43(39,40)33-8-11-35-25(37)24(42-26(35)38)13-17-2-5-23-19(12-17)15-32-36(23)16-18-3-4-20(28)14-22(18)27(29,30)31/h2-5,12-15,21,33H,6-11,16H2,1H3. The van der Waals surface area contributed by atoms with Gasteiger partial charge in [0.1, 0.15) is 0 Å². The summed E-state index contributed by atoms with van der Waals surface area (Å²) in [5.41, 5.74) is 0.334. The first-order valence-electron chi connectivity index (χ1n) is 13.2. The van der Waals surface area contributed by atoms with Gasteiger partial charge in [0, 0.05) is 43.7 Å². The van der Waals surface area contributed by atoms with E-state index in [1.807, 2.05) is 0 Å². The lowest BCUT2D eigenvalue weighted by atomic mass is 10.1. The van der Waals surface area contributed by atoms with Crippen molar-refractivity contribution < 1.29 is 35.9 Å². The lowest BCUT2D eigenvalue weighted by Gasteiger charge is -2.30. The van der Waals surface area contributed by atoms with Crippen LogP contribution in [0.2, 0.25) is 5.02 Å². The molecule has 3 aromatic rings. The van der Waals surface area contributed by atoms with Crippen molar-refractivity contribution in [3.05, 3.63) is 69.2 Å². The molecule has 1 aromatic heterocycles. The van der Waals surface area contributed by atoms with Gasteiger partial charge in [-0.05, 0) is 66.1 Å². The molecule has 0 saturated carbocycles. The van der Waals surface area contributed by atoms with Gasteiger partial charge < -0.3 is 4.74 Å². The molecule has 1 N–H and O–H groups in total. The molecule has 0 unspecified atom stereocenters. The van der Waals surface area contributed by atoms with E-state index >= 15 is 0 Å². The molecule has 2 saturated heterocycles. The molecule has 0 radical (unpaired) electrons. The predicted molar refractivity (Wildman–Crippen MR) is 156 cm³/mol. The highest BCUT2D eigenvalue weighted by molar-refractivity contribution is 8.18. The average molecular weight is 658 g/mol. The second-order valence-corrected chi connectivity index (χ2v) is 13.2. The van der Waals surface area contributed by atoms with Crippen molar-refractivity contribution in [3.8, 4) is 0 Å². The van der Waals surface area contributed by atoms with Gasteiger partial charge in [0.25, 0.3) is 21.4 Å². The maximum absolute atomic E-state index is 13.5. The summed E-state index contributed by atoms with van der Waals surface area (Å²) in [7, 11) is -2.18. The number of rotatable bonds is 9. The highest BCUT2D eigenvalue weighted by Crippen LogP contribution is 2.35. The highest BCUT2D eigenvalue weighted by Gasteiger charge is 2.36. The van der Waals surface area contributed by atoms with Gasteiger partial charge in [-0.15, -0.1) is 0 Å². The van der Waals surface area contributed by atoms with E-state index in [9.17, 15) is 31.2 Å². The summed E-state index contributed by atoms with van der Waals surface area (Å²) in [6.07, 6.45) is -0.353. The number of imide groups is 1. The van der Waals surface area contributed by atoms with Gasteiger partial charge in [-0.25, -0.2) is 4.72 Å². The number of carbonyl (C=O) groups excluding carboxylic acids is 2. The summed E-state index contributed by atoms with van der Waals surface area (Å²) in [5, 5.41) is 4.33. The van der Waals surface area contributed by atoms with Crippen molar-refractivity contribution >= 4 is 61.7 Å². The fourth-order valence-corrected chi connectivity index (χ4v) is 7.22. The Balaban J connectivity index is 1.24. The number of hydrogen-bond acceptors (Lipinski definition) is 7. The number of fused-ring (bicyclic) bond motifs is 1. The van der Waals surface area contributed by atoms with Crippen molar-refractivity contribution in [2.45, 2.75) is 31.7 Å². The number of nitrogens with zero attached hydrogens (tertiary/aromatic N) is 4. The predicted octanol–water partition coefficient (Wildman–Crippen LogP) is 4.74. The van der Waals surface area contributed by atoms with Crippen LogP contribution < -0.4 is 4.72 Å². The van der Waals surface area contributed by atoms with E-state index in [1.54, 1.807) is 25.3 Å². The zero-order chi connectivity index (χ0) is 30.9. The molecule has 2 fully saturated rings. The first-order valence-corrected chi connectivity index (χ1v) is 15.8. The van der Waals surface area contributed by atoms with Crippen LogP contribution in [-0.4, -0.2) is 77.9 Å². The molecule has 0 spiro atoms. The molecule has 2 aliphatic heterocycles. The van der Waals surface area contributed by atoms with E-state index in [4.69, 9.17) is 16.3 Å². The van der Waals surface area contributed by atoms with Gasteiger partial charge in [0.2, 0.25) is 0 Å². The number of piperidine rings is 1. The molecule has 0 bridgehead atoms. The van der Waals surface area contributed by atoms with Crippen molar-refractivity contribution in [3.63, 3.8) is 0 Å². The number of hydrogen-bond donors (Lipinski definition) is 1. The van der Waals surface area contributed by atoms with Gasteiger partial charge in [-0.1, -0.05) is 23.7 Å². The summed E-state index contributed by atoms with van der Waals surface area (Å²) < 4.78 is 76.3. The molecule has 0 atom stereocenters. The smallest absolute Gasteiger partial charge is 0.381 e. The minimum Gasteiger partial charge on any atom is -0.381 e. The number of thioether (sulfide) groups is 1. The van der Waals surface area contributed by atoms with Crippen molar-refractivity contribution in [1.29, 1.82) is 0 Å². The number of amides is 2. The lowest BCUT2D eigenvalue weighted by molar-refractivity contribution is -0.138. The van der Waals surface area contributed by atoms with Crippen molar-refractivity contribution in [2.24, 2.45) is 0 Å². The molecule has 3 heterocycles. The number of nitrogens with one attached hydrogen (secondary N) is 1. The van der Waals surface area contributed by atoms with Gasteiger partial charge in [0.05, 0.1) is 34.8 Å². The minimum absolute atomic E-state index is 0.0117. The number of ether oxygens (including phenoxy) is 1. The van der Waals surface area contributed by atoms with Crippen LogP contribution in [0.15, 0.2) is 47.5 Å². The summed E-state index contributed by atoms with van der Waals surface area (Å²) in [4.78, 5) is 26.6. The van der Waals surface area contributed by atoms with E-state index in [-0.39, 0.29) is 41.2 Å². The number of alkyl halides is 3. The number of carbonyl (C=O) groups is 2. The van der Waals surface area contributed by atoms with E-state index in [0.717, 1.165) is 22.7 Å². The first kappa shape index (κ1) is 31.5. The summed E-state index contributed by atoms with van der Waals surface area (Å²) in [6, 6.07) is 8.64. The zero-order valence-corrected chi connectivity index (χ0v) is 25.2. The number of benzene rings is 2. The van der Waals surface area contributed by atoms with Gasteiger partial charge >= 0.3 is 6.18 Å². The largest absolute Gasteiger partial charge is 0.416 e. The summed E-state index contributed by atoms with van der Waals surface area (Å²) in [6.45, 7) is 0.232. The van der Waals surface area contributed by atoms with Crippen LogP contribution in [0.1, 0.15) is 29.5 Å². The Morgan fingerprint density at radius 1 is 1.16 bits per heavy atom. The molecule has 10 nitrogen and oxygen atoms in total. The second kappa shape index (κ2) is 12.6. The third kappa shape index (κ3) is 7.07. The molecular weight excluding hydrogens is 631 g/mol. The van der Waals surface area contributed by atoms with Crippen LogP contribution in [0, 0.1) is 0 Å². The van der Waals surface area contributed by atoms with Crippen LogP contribution >= 0.6 is 23.4 Å². The van der Waals surface area contributed by atoms with E-state index in [0.29, 0.717) is 42.4 Å². The third-order valence-electron chi connectivity index (χ3n) is 7.23. The normalized spacial score (nSPS) is 18.4. The molecule has 2 aliphatic rings. The molecule has 43 heavy (non-hydrogen) atoms. The van der Waals surface area contributed by atoms with E-state index < -0.39 is 33.1 Å². The van der Waals surface area contributed by atoms with Crippen LogP contribution in [0.25, 0.3) is 17.0 Å². The lowest BCUT2D eigenvalue weighted by Crippen LogP contribution is -2.48. The fourth-order valence-electron chi connectivity index (χ4n) is 4.96. The number of aromatic nitrogens is 2. The average Bonchev–Trinajstić information content (AvgIpc) is 3.48. The topological polar surface area (TPSA) is 114 Å². The molecule has 5 rings (SSSR count).